The molecule has 0 bridgehead atoms. The lowest BCUT2D eigenvalue weighted by atomic mass is 9.95. The third kappa shape index (κ3) is 2.82. The van der Waals surface area contributed by atoms with Crippen molar-refractivity contribution in [1.29, 1.82) is 5.26 Å². The van der Waals surface area contributed by atoms with Crippen LogP contribution in [0, 0.1) is 11.3 Å². The van der Waals surface area contributed by atoms with Crippen LogP contribution in [0.2, 0.25) is 0 Å². The standard InChI is InChI=1S/C10H15FN2/c1-2-3-6-13-7-4-10(11,9-12)5-8-13/h2H,1,3-8H2. The minimum atomic E-state index is -1.56. The van der Waals surface area contributed by atoms with Crippen molar-refractivity contribution >= 4 is 0 Å². The van der Waals surface area contributed by atoms with Gasteiger partial charge in [-0.3, -0.25) is 0 Å². The minimum Gasteiger partial charge on any atom is -0.303 e. The Morgan fingerprint density at radius 1 is 1.54 bits per heavy atom. The maximum Gasteiger partial charge on any atom is 0.198 e. The molecule has 0 N–H and O–H groups in total. The highest BCUT2D eigenvalue weighted by molar-refractivity contribution is 5.03. The zero-order chi connectivity index (χ0) is 9.73. The molecule has 0 aromatic carbocycles. The summed E-state index contributed by atoms with van der Waals surface area (Å²) in [6.07, 6.45) is 3.49. The lowest BCUT2D eigenvalue weighted by Gasteiger charge is -2.32. The average Bonchev–Trinajstić information content (AvgIpc) is 2.17. The highest BCUT2D eigenvalue weighted by atomic mass is 19.1. The number of piperidine rings is 1. The second-order valence-electron chi connectivity index (χ2n) is 3.50. The van der Waals surface area contributed by atoms with E-state index in [-0.39, 0.29) is 0 Å². The van der Waals surface area contributed by atoms with Gasteiger partial charge in [-0.25, -0.2) is 4.39 Å². The molecule has 1 rings (SSSR count). The zero-order valence-corrected chi connectivity index (χ0v) is 7.80. The molecule has 1 aliphatic rings. The van der Waals surface area contributed by atoms with Crippen LogP contribution in [0.3, 0.4) is 0 Å². The average molecular weight is 182 g/mol. The molecule has 0 aliphatic carbocycles. The summed E-state index contributed by atoms with van der Waals surface area (Å²) in [6.45, 7) is 5.96. The van der Waals surface area contributed by atoms with Crippen LogP contribution < -0.4 is 0 Å². The molecule has 0 unspecified atom stereocenters. The lowest BCUT2D eigenvalue weighted by Crippen LogP contribution is -2.41. The molecule has 2 nitrogen and oxygen atoms in total. The van der Waals surface area contributed by atoms with E-state index in [4.69, 9.17) is 5.26 Å². The Morgan fingerprint density at radius 2 is 2.15 bits per heavy atom. The lowest BCUT2D eigenvalue weighted by molar-refractivity contribution is 0.104. The monoisotopic (exact) mass is 182 g/mol. The number of nitrogens with zero attached hydrogens (tertiary/aromatic N) is 2. The highest BCUT2D eigenvalue weighted by Crippen LogP contribution is 2.25. The van der Waals surface area contributed by atoms with Gasteiger partial charge in [0.05, 0.1) is 0 Å². The number of nitriles is 1. The third-order valence-corrected chi connectivity index (χ3v) is 2.50. The van der Waals surface area contributed by atoms with E-state index < -0.39 is 5.67 Å². The van der Waals surface area contributed by atoms with Crippen LogP contribution in [0.15, 0.2) is 12.7 Å². The van der Waals surface area contributed by atoms with E-state index in [1.54, 1.807) is 6.07 Å². The Hall–Kier alpha value is -0.880. The number of hydrogen-bond acceptors (Lipinski definition) is 2. The molecular weight excluding hydrogens is 167 g/mol. The van der Waals surface area contributed by atoms with Crippen LogP contribution in [0.4, 0.5) is 4.39 Å². The Balaban J connectivity index is 2.31. The van der Waals surface area contributed by atoms with Gasteiger partial charge in [0.1, 0.15) is 6.07 Å². The molecule has 1 aliphatic heterocycles. The van der Waals surface area contributed by atoms with E-state index in [2.05, 4.69) is 11.5 Å². The van der Waals surface area contributed by atoms with E-state index in [0.717, 1.165) is 13.0 Å². The van der Waals surface area contributed by atoms with Gasteiger partial charge in [-0.2, -0.15) is 5.26 Å². The second-order valence-corrected chi connectivity index (χ2v) is 3.50. The van der Waals surface area contributed by atoms with E-state index in [9.17, 15) is 4.39 Å². The van der Waals surface area contributed by atoms with Crippen LogP contribution in [0.1, 0.15) is 19.3 Å². The van der Waals surface area contributed by atoms with Crippen molar-refractivity contribution < 1.29 is 4.39 Å². The van der Waals surface area contributed by atoms with E-state index >= 15 is 0 Å². The molecule has 0 amide bonds. The van der Waals surface area contributed by atoms with Gasteiger partial charge in [0.25, 0.3) is 0 Å². The second kappa shape index (κ2) is 4.38. The molecule has 0 aromatic rings. The first-order valence-corrected chi connectivity index (χ1v) is 4.63. The number of alkyl halides is 1. The molecule has 0 saturated carbocycles. The molecule has 0 atom stereocenters. The summed E-state index contributed by atoms with van der Waals surface area (Å²) < 4.78 is 13.4. The largest absolute Gasteiger partial charge is 0.303 e. The predicted molar refractivity (Wildman–Crippen MR) is 49.9 cm³/mol. The molecule has 0 radical (unpaired) electrons. The molecule has 1 fully saturated rings. The smallest absolute Gasteiger partial charge is 0.198 e. The van der Waals surface area contributed by atoms with Crippen LogP contribution >= 0.6 is 0 Å². The quantitative estimate of drug-likeness (QED) is 0.623. The minimum absolute atomic E-state index is 0.348. The molecule has 13 heavy (non-hydrogen) atoms. The summed E-state index contributed by atoms with van der Waals surface area (Å²) in [4.78, 5) is 2.18. The first-order valence-electron chi connectivity index (χ1n) is 4.63. The molecule has 1 saturated heterocycles. The SMILES string of the molecule is C=CCCN1CCC(F)(C#N)CC1. The van der Waals surface area contributed by atoms with Crippen molar-refractivity contribution in [3.63, 3.8) is 0 Å². The topological polar surface area (TPSA) is 27.0 Å². The Labute approximate surface area is 78.6 Å². The van der Waals surface area contributed by atoms with Gasteiger partial charge in [-0.15, -0.1) is 6.58 Å². The zero-order valence-electron chi connectivity index (χ0n) is 7.80. The molecule has 72 valence electrons. The Morgan fingerprint density at radius 3 is 2.62 bits per heavy atom. The van der Waals surface area contributed by atoms with Crippen molar-refractivity contribution in [2.75, 3.05) is 19.6 Å². The van der Waals surface area contributed by atoms with Gasteiger partial charge in [0, 0.05) is 32.5 Å². The summed E-state index contributed by atoms with van der Waals surface area (Å²) in [5, 5.41) is 8.55. The molecular formula is C10H15FN2. The van der Waals surface area contributed by atoms with Gasteiger partial charge in [-0.05, 0) is 6.42 Å². The predicted octanol–water partition coefficient (Wildman–Crippen LogP) is 1.89. The number of halogens is 1. The molecule has 0 spiro atoms. The van der Waals surface area contributed by atoms with Crippen molar-refractivity contribution in [2.24, 2.45) is 0 Å². The van der Waals surface area contributed by atoms with Crippen LogP contribution in [-0.2, 0) is 0 Å². The van der Waals surface area contributed by atoms with E-state index in [1.165, 1.54) is 0 Å². The Kier molecular flexibility index (Phi) is 3.44. The normalized spacial score (nSPS) is 22.2. The van der Waals surface area contributed by atoms with E-state index in [1.807, 2.05) is 6.08 Å². The maximum atomic E-state index is 13.4. The van der Waals surface area contributed by atoms with Gasteiger partial charge in [-0.1, -0.05) is 6.08 Å². The Bertz CT molecular complexity index is 211. The number of rotatable bonds is 3. The summed E-state index contributed by atoms with van der Waals surface area (Å²) in [6, 6.07) is 1.74. The van der Waals surface area contributed by atoms with E-state index in [0.29, 0.717) is 25.9 Å². The fraction of sp³-hybridized carbons (Fsp3) is 0.700. The highest BCUT2D eigenvalue weighted by Gasteiger charge is 2.33. The van der Waals surface area contributed by atoms with Crippen molar-refractivity contribution in [3.05, 3.63) is 12.7 Å². The fourth-order valence-corrected chi connectivity index (χ4v) is 1.52. The maximum absolute atomic E-state index is 13.4. The fourth-order valence-electron chi connectivity index (χ4n) is 1.52. The van der Waals surface area contributed by atoms with Gasteiger partial charge in [0.15, 0.2) is 5.67 Å². The number of likely N-dealkylation sites (tertiary alicyclic amines) is 1. The van der Waals surface area contributed by atoms with Gasteiger partial charge >= 0.3 is 0 Å². The van der Waals surface area contributed by atoms with Crippen molar-refractivity contribution in [2.45, 2.75) is 24.9 Å². The summed E-state index contributed by atoms with van der Waals surface area (Å²) in [5.41, 5.74) is -1.56. The van der Waals surface area contributed by atoms with Crippen LogP contribution in [0.25, 0.3) is 0 Å². The number of hydrogen-bond donors (Lipinski definition) is 0. The third-order valence-electron chi connectivity index (χ3n) is 2.50. The first kappa shape index (κ1) is 10.2. The summed E-state index contributed by atoms with van der Waals surface area (Å²) >= 11 is 0. The van der Waals surface area contributed by atoms with Gasteiger partial charge < -0.3 is 4.90 Å². The van der Waals surface area contributed by atoms with Crippen molar-refractivity contribution in [1.82, 2.24) is 4.90 Å². The summed E-state index contributed by atoms with van der Waals surface area (Å²) in [5.74, 6) is 0. The van der Waals surface area contributed by atoms with Crippen LogP contribution in [-0.4, -0.2) is 30.2 Å². The van der Waals surface area contributed by atoms with Crippen LogP contribution in [0.5, 0.6) is 0 Å². The summed E-state index contributed by atoms with van der Waals surface area (Å²) in [7, 11) is 0. The van der Waals surface area contributed by atoms with Gasteiger partial charge in [0.2, 0.25) is 0 Å². The van der Waals surface area contributed by atoms with Crippen molar-refractivity contribution in [3.8, 4) is 6.07 Å². The molecule has 3 heteroatoms. The first-order chi connectivity index (χ1) is 6.20. The molecule has 1 heterocycles. The molecule has 0 aromatic heterocycles.